The molecule has 1 heterocycles. The molecule has 7 nitrogen and oxygen atoms in total. The van der Waals surface area contributed by atoms with E-state index in [0.717, 1.165) is 0 Å². The molecule has 0 saturated carbocycles. The van der Waals surface area contributed by atoms with Crippen LogP contribution in [0.15, 0.2) is 48.8 Å². The van der Waals surface area contributed by atoms with Crippen LogP contribution in [0.25, 0.3) is 10.9 Å². The van der Waals surface area contributed by atoms with Crippen LogP contribution in [0.1, 0.15) is 5.56 Å². The Balaban J connectivity index is 2.08. The number of hydrogen-bond donors (Lipinski definition) is 1. The molecule has 0 atom stereocenters. The van der Waals surface area contributed by atoms with Gasteiger partial charge in [0, 0.05) is 23.2 Å². The number of rotatable bonds is 3. The van der Waals surface area contributed by atoms with Crippen LogP contribution in [-0.2, 0) is 0 Å². The summed E-state index contributed by atoms with van der Waals surface area (Å²) in [7, 11) is 0. The minimum atomic E-state index is -0.466. The van der Waals surface area contributed by atoms with Gasteiger partial charge in [0.25, 0.3) is 5.69 Å². The van der Waals surface area contributed by atoms with Crippen molar-refractivity contribution in [1.82, 2.24) is 9.97 Å². The van der Waals surface area contributed by atoms with Crippen molar-refractivity contribution in [3.8, 4) is 6.07 Å². The molecule has 0 bridgehead atoms. The van der Waals surface area contributed by atoms with Gasteiger partial charge in [0.05, 0.1) is 22.1 Å². The maximum Gasteiger partial charge on any atom is 0.270 e. The summed E-state index contributed by atoms with van der Waals surface area (Å²) in [5.41, 5.74) is 1.75. The normalized spacial score (nSPS) is 10.1. The van der Waals surface area contributed by atoms with Gasteiger partial charge in [-0.15, -0.1) is 0 Å². The van der Waals surface area contributed by atoms with Crippen LogP contribution in [-0.4, -0.2) is 14.9 Å². The maximum atomic E-state index is 10.9. The lowest BCUT2D eigenvalue weighted by Gasteiger charge is -2.08. The molecular weight excluding hydrogens is 282 g/mol. The molecule has 22 heavy (non-hydrogen) atoms. The fraction of sp³-hybridized carbons (Fsp3) is 0. The molecular formula is C15H9N5O2. The van der Waals surface area contributed by atoms with Crippen LogP contribution in [0.5, 0.6) is 0 Å². The standard InChI is InChI=1S/C15H9N5O2/c16-8-10-2-1-3-11(6-10)19-15-13-7-12(20(21)22)4-5-14(13)17-9-18-15/h1-7,9H,(H,17,18,19). The largest absolute Gasteiger partial charge is 0.340 e. The SMILES string of the molecule is N#Cc1cccc(Nc2ncnc3ccc([N+](=O)[O-])cc23)c1. The van der Waals surface area contributed by atoms with E-state index in [1.807, 2.05) is 0 Å². The van der Waals surface area contributed by atoms with Gasteiger partial charge in [-0.2, -0.15) is 5.26 Å². The molecule has 0 aliphatic heterocycles. The predicted molar refractivity (Wildman–Crippen MR) is 80.6 cm³/mol. The van der Waals surface area contributed by atoms with Gasteiger partial charge in [0.2, 0.25) is 0 Å². The van der Waals surface area contributed by atoms with Crippen LogP contribution in [0, 0.1) is 21.4 Å². The lowest BCUT2D eigenvalue weighted by Crippen LogP contribution is -1.97. The minimum Gasteiger partial charge on any atom is -0.340 e. The van der Waals surface area contributed by atoms with Gasteiger partial charge in [-0.3, -0.25) is 10.1 Å². The topological polar surface area (TPSA) is 105 Å². The van der Waals surface area contributed by atoms with Crippen LogP contribution in [0.4, 0.5) is 17.2 Å². The number of nitrogens with zero attached hydrogens (tertiary/aromatic N) is 4. The van der Waals surface area contributed by atoms with Crippen molar-refractivity contribution in [1.29, 1.82) is 5.26 Å². The summed E-state index contributed by atoms with van der Waals surface area (Å²) >= 11 is 0. The fourth-order valence-corrected chi connectivity index (χ4v) is 2.06. The number of hydrogen-bond acceptors (Lipinski definition) is 6. The van der Waals surface area contributed by atoms with E-state index >= 15 is 0 Å². The zero-order chi connectivity index (χ0) is 15.5. The van der Waals surface area contributed by atoms with Gasteiger partial charge in [-0.1, -0.05) is 6.07 Å². The van der Waals surface area contributed by atoms with Crippen LogP contribution < -0.4 is 5.32 Å². The molecule has 1 N–H and O–H groups in total. The first kappa shape index (κ1) is 13.5. The second-order valence-corrected chi connectivity index (χ2v) is 4.50. The molecule has 3 aromatic rings. The maximum absolute atomic E-state index is 10.9. The zero-order valence-electron chi connectivity index (χ0n) is 11.2. The smallest absolute Gasteiger partial charge is 0.270 e. The summed E-state index contributed by atoms with van der Waals surface area (Å²) in [5.74, 6) is 0.448. The molecule has 0 saturated heterocycles. The van der Waals surface area contributed by atoms with E-state index in [9.17, 15) is 10.1 Å². The summed E-state index contributed by atoms with van der Waals surface area (Å²) in [6.45, 7) is 0. The quantitative estimate of drug-likeness (QED) is 0.587. The first-order chi connectivity index (χ1) is 10.7. The summed E-state index contributed by atoms with van der Waals surface area (Å²) in [4.78, 5) is 18.7. The Kier molecular flexibility index (Phi) is 3.34. The highest BCUT2D eigenvalue weighted by molar-refractivity contribution is 5.92. The number of benzene rings is 2. The minimum absolute atomic E-state index is 0.0314. The number of aromatic nitrogens is 2. The van der Waals surface area contributed by atoms with Crippen molar-refractivity contribution in [3.63, 3.8) is 0 Å². The Hall–Kier alpha value is -3.53. The molecule has 0 unspecified atom stereocenters. The Morgan fingerprint density at radius 2 is 2.05 bits per heavy atom. The van der Waals surface area contributed by atoms with Gasteiger partial charge < -0.3 is 5.32 Å². The second kappa shape index (κ2) is 5.46. The second-order valence-electron chi connectivity index (χ2n) is 4.50. The van der Waals surface area contributed by atoms with E-state index in [2.05, 4.69) is 21.4 Å². The highest BCUT2D eigenvalue weighted by atomic mass is 16.6. The van der Waals surface area contributed by atoms with E-state index in [4.69, 9.17) is 5.26 Å². The van der Waals surface area contributed by atoms with Gasteiger partial charge in [0.15, 0.2) is 0 Å². The number of anilines is 2. The van der Waals surface area contributed by atoms with Gasteiger partial charge >= 0.3 is 0 Å². The summed E-state index contributed by atoms with van der Waals surface area (Å²) in [6.07, 6.45) is 1.38. The molecule has 3 rings (SSSR count). The van der Waals surface area contributed by atoms with Crippen molar-refractivity contribution >= 4 is 28.1 Å². The van der Waals surface area contributed by atoms with E-state index in [1.54, 1.807) is 30.3 Å². The summed E-state index contributed by atoms with van der Waals surface area (Å²) in [6, 6.07) is 13.3. The van der Waals surface area contributed by atoms with Crippen molar-refractivity contribution in [2.24, 2.45) is 0 Å². The molecule has 0 fully saturated rings. The summed E-state index contributed by atoms with van der Waals surface area (Å²) < 4.78 is 0. The number of nitro groups is 1. The fourth-order valence-electron chi connectivity index (χ4n) is 2.06. The Bertz CT molecular complexity index is 917. The highest BCUT2D eigenvalue weighted by Crippen LogP contribution is 2.26. The Morgan fingerprint density at radius 3 is 2.82 bits per heavy atom. The average molecular weight is 291 g/mol. The summed E-state index contributed by atoms with van der Waals surface area (Å²) in [5, 5.41) is 23.4. The third-order valence-corrected chi connectivity index (χ3v) is 3.08. The first-order valence-corrected chi connectivity index (χ1v) is 6.34. The molecule has 1 aromatic heterocycles. The molecule has 0 aliphatic carbocycles. The third-order valence-electron chi connectivity index (χ3n) is 3.08. The molecule has 2 aromatic carbocycles. The third kappa shape index (κ3) is 2.53. The van der Waals surface area contributed by atoms with E-state index in [1.165, 1.54) is 18.5 Å². The highest BCUT2D eigenvalue weighted by Gasteiger charge is 2.11. The average Bonchev–Trinajstić information content (AvgIpc) is 2.55. The van der Waals surface area contributed by atoms with Crippen molar-refractivity contribution in [2.45, 2.75) is 0 Å². The monoisotopic (exact) mass is 291 g/mol. The molecule has 7 heteroatoms. The molecule has 0 amide bonds. The Labute approximate surface area is 125 Å². The van der Waals surface area contributed by atoms with E-state index < -0.39 is 4.92 Å². The van der Waals surface area contributed by atoms with E-state index in [-0.39, 0.29) is 5.69 Å². The number of nitrogens with one attached hydrogen (secondary N) is 1. The van der Waals surface area contributed by atoms with Gasteiger partial charge in [0.1, 0.15) is 12.1 Å². The van der Waals surface area contributed by atoms with Gasteiger partial charge in [-0.05, 0) is 24.3 Å². The number of nitro benzene ring substituents is 1. The van der Waals surface area contributed by atoms with Crippen molar-refractivity contribution < 1.29 is 4.92 Å². The number of fused-ring (bicyclic) bond motifs is 1. The van der Waals surface area contributed by atoms with Crippen molar-refractivity contribution in [3.05, 3.63) is 64.5 Å². The Morgan fingerprint density at radius 1 is 1.18 bits per heavy atom. The molecule has 0 spiro atoms. The van der Waals surface area contributed by atoms with Crippen molar-refractivity contribution in [2.75, 3.05) is 5.32 Å². The number of non-ortho nitro benzene ring substituents is 1. The molecule has 0 aliphatic rings. The zero-order valence-corrected chi connectivity index (χ0v) is 11.2. The predicted octanol–water partition coefficient (Wildman–Crippen LogP) is 3.15. The number of nitriles is 1. The molecule has 0 radical (unpaired) electrons. The van der Waals surface area contributed by atoms with Crippen LogP contribution in [0.2, 0.25) is 0 Å². The van der Waals surface area contributed by atoms with Crippen LogP contribution >= 0.6 is 0 Å². The first-order valence-electron chi connectivity index (χ1n) is 6.34. The lowest BCUT2D eigenvalue weighted by atomic mass is 10.2. The molecule has 106 valence electrons. The lowest BCUT2D eigenvalue weighted by molar-refractivity contribution is -0.384. The van der Waals surface area contributed by atoms with E-state index in [0.29, 0.717) is 28.0 Å². The van der Waals surface area contributed by atoms with Crippen LogP contribution in [0.3, 0.4) is 0 Å². The van der Waals surface area contributed by atoms with Gasteiger partial charge in [-0.25, -0.2) is 9.97 Å².